The molecular weight excluding hydrogens is 331 g/mol. The van der Waals surface area contributed by atoms with E-state index in [2.05, 4.69) is 25.7 Å². The first-order chi connectivity index (χ1) is 11.5. The van der Waals surface area contributed by atoms with Crippen LogP contribution in [0.15, 0.2) is 23.6 Å². The maximum Gasteiger partial charge on any atom is 0.226 e. The summed E-state index contributed by atoms with van der Waals surface area (Å²) in [6.07, 6.45) is 0.256. The summed E-state index contributed by atoms with van der Waals surface area (Å²) in [5.41, 5.74) is 2.00. The summed E-state index contributed by atoms with van der Waals surface area (Å²) in [5, 5.41) is 17.4. The number of halogens is 1. The maximum absolute atomic E-state index is 13.3. The predicted molar refractivity (Wildman–Crippen MR) is 86.9 cm³/mol. The highest BCUT2D eigenvalue weighted by molar-refractivity contribution is 7.09. The smallest absolute Gasteiger partial charge is 0.226 e. The second-order valence-corrected chi connectivity index (χ2v) is 6.13. The Hall–Kier alpha value is -2.68. The topological polar surface area (TPSA) is 85.6 Å². The van der Waals surface area contributed by atoms with Crippen LogP contribution in [0.2, 0.25) is 0 Å². The SMILES string of the molecule is CNC(=O)Cc1nc(Cn2nnc(-c3ccc(F)c(C)c3)n2)cs1. The van der Waals surface area contributed by atoms with Crippen molar-refractivity contribution in [1.29, 1.82) is 0 Å². The zero-order chi connectivity index (χ0) is 17.1. The lowest BCUT2D eigenvalue weighted by Crippen LogP contribution is -2.19. The molecule has 2 heterocycles. The van der Waals surface area contributed by atoms with Crippen molar-refractivity contribution in [3.8, 4) is 11.4 Å². The summed E-state index contributed by atoms with van der Waals surface area (Å²) in [7, 11) is 1.59. The van der Waals surface area contributed by atoms with E-state index in [1.807, 2.05) is 5.38 Å². The van der Waals surface area contributed by atoms with Crippen LogP contribution in [-0.4, -0.2) is 38.1 Å². The summed E-state index contributed by atoms with van der Waals surface area (Å²) in [4.78, 5) is 17.2. The van der Waals surface area contributed by atoms with Crippen LogP contribution in [0.1, 0.15) is 16.3 Å². The van der Waals surface area contributed by atoms with Crippen LogP contribution in [0.25, 0.3) is 11.4 Å². The van der Waals surface area contributed by atoms with Gasteiger partial charge < -0.3 is 5.32 Å². The fourth-order valence-electron chi connectivity index (χ4n) is 2.08. The van der Waals surface area contributed by atoms with Crippen molar-refractivity contribution in [3.63, 3.8) is 0 Å². The number of benzene rings is 1. The number of carbonyl (C=O) groups is 1. The van der Waals surface area contributed by atoms with Crippen LogP contribution in [0, 0.1) is 12.7 Å². The number of hydrogen-bond donors (Lipinski definition) is 1. The number of thiazole rings is 1. The van der Waals surface area contributed by atoms with E-state index in [0.29, 0.717) is 23.5 Å². The van der Waals surface area contributed by atoms with E-state index in [-0.39, 0.29) is 18.1 Å². The van der Waals surface area contributed by atoms with Gasteiger partial charge in [-0.2, -0.15) is 4.80 Å². The number of amides is 1. The van der Waals surface area contributed by atoms with Crippen LogP contribution in [0.5, 0.6) is 0 Å². The monoisotopic (exact) mass is 346 g/mol. The van der Waals surface area contributed by atoms with Gasteiger partial charge in [-0.3, -0.25) is 4.79 Å². The van der Waals surface area contributed by atoms with Crippen LogP contribution in [-0.2, 0) is 17.8 Å². The van der Waals surface area contributed by atoms with Crippen molar-refractivity contribution in [1.82, 2.24) is 30.5 Å². The Kier molecular flexibility index (Phi) is 4.61. The number of carbonyl (C=O) groups excluding carboxylic acids is 1. The Labute approximate surface area is 141 Å². The molecule has 7 nitrogen and oxygen atoms in total. The molecule has 1 amide bonds. The Bertz CT molecular complexity index is 874. The van der Waals surface area contributed by atoms with Gasteiger partial charge >= 0.3 is 0 Å². The Balaban J connectivity index is 1.72. The fourth-order valence-corrected chi connectivity index (χ4v) is 2.87. The fraction of sp³-hybridized carbons (Fsp3) is 0.267. The number of hydrogen-bond acceptors (Lipinski definition) is 6. The number of tetrazole rings is 1. The Morgan fingerprint density at radius 1 is 1.42 bits per heavy atom. The van der Waals surface area contributed by atoms with E-state index in [1.165, 1.54) is 22.2 Å². The standard InChI is InChI=1S/C15H15FN6OS/c1-9-5-10(3-4-12(9)16)15-19-21-22(20-15)7-11-8-24-14(18-11)6-13(23)17-2/h3-5,8H,6-7H2,1-2H3,(H,17,23). The van der Waals surface area contributed by atoms with Gasteiger partial charge in [-0.05, 0) is 35.9 Å². The van der Waals surface area contributed by atoms with Gasteiger partial charge in [0.15, 0.2) is 0 Å². The first-order valence-electron chi connectivity index (χ1n) is 7.23. The van der Waals surface area contributed by atoms with Crippen molar-refractivity contribution >= 4 is 17.2 Å². The van der Waals surface area contributed by atoms with E-state index in [1.54, 1.807) is 26.1 Å². The molecular formula is C15H15FN6OS. The summed E-state index contributed by atoms with van der Waals surface area (Å²) >= 11 is 1.42. The predicted octanol–water partition coefficient (Wildman–Crippen LogP) is 1.58. The van der Waals surface area contributed by atoms with Crippen LogP contribution in [0.3, 0.4) is 0 Å². The molecule has 0 aliphatic rings. The van der Waals surface area contributed by atoms with E-state index in [0.717, 1.165) is 10.7 Å². The van der Waals surface area contributed by atoms with E-state index in [9.17, 15) is 9.18 Å². The number of aromatic nitrogens is 5. The molecule has 0 spiro atoms. The molecule has 0 fully saturated rings. The molecule has 1 aromatic carbocycles. The lowest BCUT2D eigenvalue weighted by Gasteiger charge is -1.98. The summed E-state index contributed by atoms with van der Waals surface area (Å²) < 4.78 is 13.3. The first-order valence-corrected chi connectivity index (χ1v) is 8.11. The molecule has 2 aromatic heterocycles. The van der Waals surface area contributed by atoms with Gasteiger partial charge in [-0.25, -0.2) is 9.37 Å². The molecule has 9 heteroatoms. The average Bonchev–Trinajstić information content (AvgIpc) is 3.20. The van der Waals surface area contributed by atoms with Gasteiger partial charge in [0.1, 0.15) is 17.4 Å². The third-order valence-electron chi connectivity index (χ3n) is 3.36. The maximum atomic E-state index is 13.3. The molecule has 24 heavy (non-hydrogen) atoms. The number of nitrogens with one attached hydrogen (secondary N) is 1. The minimum Gasteiger partial charge on any atom is -0.359 e. The van der Waals surface area contributed by atoms with Gasteiger partial charge in [0, 0.05) is 18.0 Å². The van der Waals surface area contributed by atoms with Gasteiger partial charge in [0.05, 0.1) is 12.1 Å². The Morgan fingerprint density at radius 3 is 3.00 bits per heavy atom. The highest BCUT2D eigenvalue weighted by atomic mass is 32.1. The summed E-state index contributed by atoms with van der Waals surface area (Å²) in [5.74, 6) is 0.0833. The van der Waals surface area contributed by atoms with Gasteiger partial charge in [-0.1, -0.05) is 0 Å². The zero-order valence-electron chi connectivity index (χ0n) is 13.2. The average molecular weight is 346 g/mol. The second kappa shape index (κ2) is 6.83. The molecule has 0 atom stereocenters. The molecule has 124 valence electrons. The van der Waals surface area contributed by atoms with Crippen molar-refractivity contribution in [2.75, 3.05) is 7.05 Å². The second-order valence-electron chi connectivity index (χ2n) is 5.19. The molecule has 0 aliphatic heterocycles. The molecule has 1 N–H and O–H groups in total. The number of rotatable bonds is 5. The number of aryl methyl sites for hydroxylation is 1. The molecule has 0 radical (unpaired) electrons. The number of likely N-dealkylation sites (N-methyl/N-ethyl adjacent to an activating group) is 1. The van der Waals surface area contributed by atoms with Crippen molar-refractivity contribution < 1.29 is 9.18 Å². The van der Waals surface area contributed by atoms with Crippen molar-refractivity contribution in [2.24, 2.45) is 0 Å². The van der Waals surface area contributed by atoms with E-state index < -0.39 is 0 Å². The molecule has 0 saturated heterocycles. The largest absolute Gasteiger partial charge is 0.359 e. The minimum atomic E-state index is -0.266. The van der Waals surface area contributed by atoms with Crippen LogP contribution < -0.4 is 5.32 Å². The van der Waals surface area contributed by atoms with E-state index >= 15 is 0 Å². The lowest BCUT2D eigenvalue weighted by molar-refractivity contribution is -0.119. The van der Waals surface area contributed by atoms with Gasteiger partial charge in [0.25, 0.3) is 0 Å². The number of nitrogens with zero attached hydrogens (tertiary/aromatic N) is 5. The molecule has 0 aliphatic carbocycles. The van der Waals surface area contributed by atoms with Crippen molar-refractivity contribution in [2.45, 2.75) is 19.9 Å². The molecule has 3 aromatic rings. The minimum absolute atomic E-state index is 0.0799. The first kappa shape index (κ1) is 16.2. The zero-order valence-corrected chi connectivity index (χ0v) is 14.0. The Morgan fingerprint density at radius 2 is 2.25 bits per heavy atom. The third kappa shape index (κ3) is 3.62. The highest BCUT2D eigenvalue weighted by Gasteiger charge is 2.11. The lowest BCUT2D eigenvalue weighted by atomic mass is 10.1. The molecule has 3 rings (SSSR count). The normalized spacial score (nSPS) is 10.8. The van der Waals surface area contributed by atoms with Crippen LogP contribution in [0.4, 0.5) is 4.39 Å². The van der Waals surface area contributed by atoms with Gasteiger partial charge in [-0.15, -0.1) is 21.5 Å². The highest BCUT2D eigenvalue weighted by Crippen LogP contribution is 2.18. The quantitative estimate of drug-likeness (QED) is 0.758. The summed E-state index contributed by atoms with van der Waals surface area (Å²) in [6, 6.07) is 4.69. The van der Waals surface area contributed by atoms with Gasteiger partial charge in [0.2, 0.25) is 11.7 Å². The molecule has 0 bridgehead atoms. The third-order valence-corrected chi connectivity index (χ3v) is 4.26. The molecule has 0 saturated carbocycles. The summed E-state index contributed by atoms with van der Waals surface area (Å²) in [6.45, 7) is 2.05. The van der Waals surface area contributed by atoms with Crippen molar-refractivity contribution in [3.05, 3.63) is 45.7 Å². The molecule has 0 unspecified atom stereocenters. The van der Waals surface area contributed by atoms with E-state index in [4.69, 9.17) is 0 Å². The van der Waals surface area contributed by atoms with Crippen LogP contribution >= 0.6 is 11.3 Å².